The Kier molecular flexibility index (Phi) is 5.17. The second-order valence-corrected chi connectivity index (χ2v) is 8.87. The number of hydrogen-bond acceptors (Lipinski definition) is 8. The van der Waals surface area contributed by atoms with Crippen molar-refractivity contribution in [3.8, 4) is 17.5 Å². The van der Waals surface area contributed by atoms with E-state index in [1.54, 1.807) is 36.1 Å². The molecule has 0 unspecified atom stereocenters. The second-order valence-electron chi connectivity index (χ2n) is 8.87. The van der Waals surface area contributed by atoms with E-state index >= 15 is 0 Å². The van der Waals surface area contributed by atoms with E-state index < -0.39 is 0 Å². The molecule has 0 aliphatic carbocycles. The normalized spacial score (nSPS) is 16.9. The lowest BCUT2D eigenvalue weighted by atomic mass is 9.72. The molecule has 33 heavy (non-hydrogen) atoms. The second kappa shape index (κ2) is 8.16. The van der Waals surface area contributed by atoms with Gasteiger partial charge in [-0.25, -0.2) is 15.0 Å². The standard InChI is InChI=1S/C23H25N9O/c1-16(33)31-7-4-23(5-8-31)14-32(15-23)21-10-20(27-19-9-17(11-24)3-6-25-19)28-22(29-21)18-12-26-30(2)13-18/h3,6,9-10,12-13H,4-5,7-8,14-15H2,1-2H3,(H,25,27,28,29). The molecule has 1 N–H and O–H groups in total. The summed E-state index contributed by atoms with van der Waals surface area (Å²) in [4.78, 5) is 29.7. The van der Waals surface area contributed by atoms with Crippen molar-refractivity contribution >= 4 is 23.4 Å². The number of likely N-dealkylation sites (tertiary alicyclic amines) is 1. The third kappa shape index (κ3) is 4.22. The summed E-state index contributed by atoms with van der Waals surface area (Å²) < 4.78 is 1.72. The minimum Gasteiger partial charge on any atom is -0.355 e. The third-order valence-corrected chi connectivity index (χ3v) is 6.47. The topological polar surface area (TPSA) is 116 Å². The zero-order valence-electron chi connectivity index (χ0n) is 18.7. The van der Waals surface area contributed by atoms with Crippen molar-refractivity contribution in [2.75, 3.05) is 36.4 Å². The Bertz CT molecular complexity index is 1230. The van der Waals surface area contributed by atoms with Crippen molar-refractivity contribution in [2.24, 2.45) is 12.5 Å². The number of carbonyl (C=O) groups is 1. The van der Waals surface area contributed by atoms with Crippen molar-refractivity contribution in [3.05, 3.63) is 42.4 Å². The van der Waals surface area contributed by atoms with Crippen LogP contribution in [0.15, 0.2) is 36.8 Å². The lowest BCUT2D eigenvalue weighted by Gasteiger charge is -2.54. The summed E-state index contributed by atoms with van der Waals surface area (Å²) in [5.41, 5.74) is 1.59. The van der Waals surface area contributed by atoms with Crippen LogP contribution in [0.5, 0.6) is 0 Å². The van der Waals surface area contributed by atoms with E-state index in [2.05, 4.69) is 31.4 Å². The fourth-order valence-electron chi connectivity index (χ4n) is 4.56. The van der Waals surface area contributed by atoms with Crippen LogP contribution in [-0.4, -0.2) is 61.7 Å². The van der Waals surface area contributed by atoms with Crippen LogP contribution in [0, 0.1) is 16.7 Å². The summed E-state index contributed by atoms with van der Waals surface area (Å²) in [6, 6.07) is 7.39. The fourth-order valence-corrected chi connectivity index (χ4v) is 4.56. The monoisotopic (exact) mass is 443 g/mol. The Balaban J connectivity index is 1.40. The molecule has 0 bridgehead atoms. The number of aromatic nitrogens is 5. The molecular weight excluding hydrogens is 418 g/mol. The number of piperidine rings is 1. The van der Waals surface area contributed by atoms with E-state index in [1.165, 1.54) is 0 Å². The highest BCUT2D eigenvalue weighted by Crippen LogP contribution is 2.42. The number of aryl methyl sites for hydroxylation is 1. The first-order chi connectivity index (χ1) is 15.9. The summed E-state index contributed by atoms with van der Waals surface area (Å²) in [6.07, 6.45) is 7.25. The highest BCUT2D eigenvalue weighted by molar-refractivity contribution is 5.73. The minimum atomic E-state index is 0.155. The van der Waals surface area contributed by atoms with Crippen LogP contribution in [0.25, 0.3) is 11.4 Å². The van der Waals surface area contributed by atoms with Crippen molar-refractivity contribution < 1.29 is 4.79 Å². The Hall–Kier alpha value is -4.00. The highest BCUT2D eigenvalue weighted by atomic mass is 16.2. The summed E-state index contributed by atoms with van der Waals surface area (Å²) in [7, 11) is 1.86. The molecule has 10 heteroatoms. The van der Waals surface area contributed by atoms with E-state index in [-0.39, 0.29) is 11.3 Å². The molecule has 0 aromatic carbocycles. The van der Waals surface area contributed by atoms with E-state index in [9.17, 15) is 10.1 Å². The summed E-state index contributed by atoms with van der Waals surface area (Å²) >= 11 is 0. The first kappa shape index (κ1) is 20.9. The third-order valence-electron chi connectivity index (χ3n) is 6.47. The van der Waals surface area contributed by atoms with Crippen LogP contribution in [0.3, 0.4) is 0 Å². The van der Waals surface area contributed by atoms with Gasteiger partial charge in [0.1, 0.15) is 17.5 Å². The van der Waals surface area contributed by atoms with Crippen LogP contribution < -0.4 is 10.2 Å². The number of nitrogens with one attached hydrogen (secondary N) is 1. The Morgan fingerprint density at radius 3 is 2.64 bits per heavy atom. The molecule has 3 aromatic rings. The van der Waals surface area contributed by atoms with Crippen LogP contribution in [0.4, 0.5) is 17.5 Å². The number of anilines is 3. The molecule has 2 aliphatic rings. The lowest BCUT2D eigenvalue weighted by molar-refractivity contribution is -0.131. The molecular formula is C23H25N9O. The number of carbonyl (C=O) groups excluding carboxylic acids is 1. The van der Waals surface area contributed by atoms with Gasteiger partial charge in [-0.15, -0.1) is 0 Å². The van der Waals surface area contributed by atoms with Gasteiger partial charge in [0, 0.05) is 64.0 Å². The molecule has 2 aliphatic heterocycles. The molecule has 168 valence electrons. The van der Waals surface area contributed by atoms with Crippen molar-refractivity contribution in [2.45, 2.75) is 19.8 Å². The summed E-state index contributed by atoms with van der Waals surface area (Å²) in [6.45, 7) is 5.10. The zero-order chi connectivity index (χ0) is 23.0. The highest BCUT2D eigenvalue weighted by Gasteiger charge is 2.45. The summed E-state index contributed by atoms with van der Waals surface area (Å²) in [5.74, 6) is 2.72. The quantitative estimate of drug-likeness (QED) is 0.653. The van der Waals surface area contributed by atoms with Crippen molar-refractivity contribution in [1.82, 2.24) is 29.6 Å². The van der Waals surface area contributed by atoms with Crippen LogP contribution in [0.1, 0.15) is 25.3 Å². The van der Waals surface area contributed by atoms with Gasteiger partial charge in [-0.2, -0.15) is 10.4 Å². The molecule has 5 rings (SSSR count). The smallest absolute Gasteiger partial charge is 0.219 e. The number of nitrogens with zero attached hydrogens (tertiary/aromatic N) is 8. The van der Waals surface area contributed by atoms with E-state index in [4.69, 9.17) is 4.98 Å². The van der Waals surface area contributed by atoms with Crippen LogP contribution >= 0.6 is 0 Å². The van der Waals surface area contributed by atoms with Gasteiger partial charge in [-0.05, 0) is 25.0 Å². The lowest BCUT2D eigenvalue weighted by Crippen LogP contribution is -2.61. The molecule has 0 radical (unpaired) electrons. The number of pyridine rings is 1. The van der Waals surface area contributed by atoms with Gasteiger partial charge in [0.2, 0.25) is 5.91 Å². The van der Waals surface area contributed by atoms with Crippen LogP contribution in [0.2, 0.25) is 0 Å². The van der Waals surface area contributed by atoms with Gasteiger partial charge in [0.05, 0.1) is 23.4 Å². The first-order valence-electron chi connectivity index (χ1n) is 10.9. The average molecular weight is 444 g/mol. The minimum absolute atomic E-state index is 0.155. The maximum Gasteiger partial charge on any atom is 0.219 e. The predicted molar refractivity (Wildman–Crippen MR) is 123 cm³/mol. The Labute approximate surface area is 191 Å². The Morgan fingerprint density at radius 2 is 1.97 bits per heavy atom. The largest absolute Gasteiger partial charge is 0.355 e. The fraction of sp³-hybridized carbons (Fsp3) is 0.391. The molecule has 2 fully saturated rings. The molecule has 2 saturated heterocycles. The molecule has 1 spiro atoms. The molecule has 10 nitrogen and oxygen atoms in total. The SMILES string of the molecule is CC(=O)N1CCC2(CC1)CN(c1cc(Nc3cc(C#N)ccn3)nc(-c3cnn(C)c3)n1)C2. The van der Waals surface area contributed by atoms with Gasteiger partial charge < -0.3 is 15.1 Å². The number of nitriles is 1. The molecule has 3 aromatic heterocycles. The molecule has 0 saturated carbocycles. The van der Waals surface area contributed by atoms with Gasteiger partial charge in [0.15, 0.2) is 5.82 Å². The van der Waals surface area contributed by atoms with Gasteiger partial charge in [0.25, 0.3) is 0 Å². The molecule has 0 atom stereocenters. The van der Waals surface area contributed by atoms with E-state index in [1.807, 2.05) is 24.2 Å². The molecule has 5 heterocycles. The zero-order valence-corrected chi connectivity index (χ0v) is 18.7. The van der Waals surface area contributed by atoms with Gasteiger partial charge in [-0.3, -0.25) is 9.48 Å². The van der Waals surface area contributed by atoms with Crippen molar-refractivity contribution in [1.29, 1.82) is 5.26 Å². The first-order valence-corrected chi connectivity index (χ1v) is 10.9. The van der Waals surface area contributed by atoms with Gasteiger partial charge >= 0.3 is 0 Å². The Morgan fingerprint density at radius 1 is 1.18 bits per heavy atom. The summed E-state index contributed by atoms with van der Waals surface area (Å²) in [5, 5.41) is 16.6. The van der Waals surface area contributed by atoms with Crippen LogP contribution in [-0.2, 0) is 11.8 Å². The number of amides is 1. The predicted octanol–water partition coefficient (Wildman–Crippen LogP) is 2.34. The molecule has 1 amide bonds. The van der Waals surface area contributed by atoms with Crippen molar-refractivity contribution in [3.63, 3.8) is 0 Å². The number of rotatable bonds is 4. The van der Waals surface area contributed by atoms with E-state index in [0.717, 1.165) is 50.4 Å². The average Bonchev–Trinajstić information content (AvgIpc) is 3.24. The maximum atomic E-state index is 11.7. The maximum absolute atomic E-state index is 11.7. The number of hydrogen-bond donors (Lipinski definition) is 1. The van der Waals surface area contributed by atoms with E-state index in [0.29, 0.717) is 23.0 Å². The van der Waals surface area contributed by atoms with Gasteiger partial charge in [-0.1, -0.05) is 0 Å².